The quantitative estimate of drug-likeness (QED) is 0.845. The molecule has 1 aromatic rings. The summed E-state index contributed by atoms with van der Waals surface area (Å²) in [6, 6.07) is 8.44. The molecule has 1 amide bonds. The summed E-state index contributed by atoms with van der Waals surface area (Å²) in [5.41, 5.74) is 1.98. The van der Waals surface area contributed by atoms with Crippen molar-refractivity contribution in [1.29, 1.82) is 0 Å². The Kier molecular flexibility index (Phi) is 6.42. The number of nitrogens with one attached hydrogen (secondary N) is 1. The molecule has 1 aromatic carbocycles. The van der Waals surface area contributed by atoms with E-state index >= 15 is 0 Å². The van der Waals surface area contributed by atoms with Gasteiger partial charge in [-0.2, -0.15) is 0 Å². The van der Waals surface area contributed by atoms with Gasteiger partial charge in [-0.3, -0.25) is 9.69 Å². The zero-order chi connectivity index (χ0) is 16.8. The van der Waals surface area contributed by atoms with Gasteiger partial charge in [0.2, 0.25) is 5.91 Å². The Bertz CT molecular complexity index is 501. The number of carbonyl (C=O) groups is 1. The van der Waals surface area contributed by atoms with Crippen LogP contribution in [0.25, 0.3) is 0 Å². The topological polar surface area (TPSA) is 55.8 Å². The van der Waals surface area contributed by atoms with Gasteiger partial charge >= 0.3 is 0 Å². The number of hydrogen-bond acceptors (Lipinski definition) is 4. The molecule has 0 spiro atoms. The molecule has 2 N–H and O–H groups in total. The first-order valence-electron chi connectivity index (χ1n) is 8.56. The number of carbonyl (C=O) groups excluding carboxylic acids is 1. The third kappa shape index (κ3) is 5.22. The number of hydrogen-bond donors (Lipinski definition) is 2. The predicted octanol–water partition coefficient (Wildman–Crippen LogP) is 2.32. The second-order valence-electron chi connectivity index (χ2n) is 6.51. The van der Waals surface area contributed by atoms with Crippen LogP contribution in [0.2, 0.25) is 0 Å². The summed E-state index contributed by atoms with van der Waals surface area (Å²) in [5.74, 6) is -0.0249. The number of rotatable bonds is 6. The van der Waals surface area contributed by atoms with E-state index in [-0.39, 0.29) is 12.0 Å². The Hall–Kier alpha value is -1.59. The molecule has 0 radical (unpaired) electrons. The van der Waals surface area contributed by atoms with E-state index < -0.39 is 0 Å². The van der Waals surface area contributed by atoms with Crippen molar-refractivity contribution in [2.45, 2.75) is 45.8 Å². The van der Waals surface area contributed by atoms with E-state index in [0.29, 0.717) is 19.1 Å². The standard InChI is InChI=1S/C18H29N3O2/c1-4-21(14(2)3)16-9-7-15(8-10-16)19-18(23)13-20-11-5-6-17(22)12-20/h7-10,14,17,22H,4-6,11-13H2,1-3H3,(H,19,23). The van der Waals surface area contributed by atoms with Crippen molar-refractivity contribution in [3.63, 3.8) is 0 Å². The number of likely N-dealkylation sites (tertiary alicyclic amines) is 1. The van der Waals surface area contributed by atoms with Crippen LogP contribution in [0.4, 0.5) is 11.4 Å². The fourth-order valence-electron chi connectivity index (χ4n) is 3.16. The highest BCUT2D eigenvalue weighted by atomic mass is 16.3. The number of anilines is 2. The molecular weight excluding hydrogens is 290 g/mol. The lowest BCUT2D eigenvalue weighted by Gasteiger charge is -2.29. The van der Waals surface area contributed by atoms with E-state index in [2.05, 4.69) is 31.0 Å². The van der Waals surface area contributed by atoms with Gasteiger partial charge in [0.05, 0.1) is 12.6 Å². The first-order valence-corrected chi connectivity index (χ1v) is 8.56. The molecule has 1 atom stereocenters. The van der Waals surface area contributed by atoms with Crippen molar-refractivity contribution < 1.29 is 9.90 Å². The molecule has 23 heavy (non-hydrogen) atoms. The highest BCUT2D eigenvalue weighted by Crippen LogP contribution is 2.20. The van der Waals surface area contributed by atoms with Crippen molar-refractivity contribution in [2.24, 2.45) is 0 Å². The summed E-state index contributed by atoms with van der Waals surface area (Å²) < 4.78 is 0. The fourth-order valence-corrected chi connectivity index (χ4v) is 3.16. The molecule has 5 nitrogen and oxygen atoms in total. The molecule has 0 aromatic heterocycles. The first-order chi connectivity index (χ1) is 11.0. The largest absolute Gasteiger partial charge is 0.392 e. The van der Waals surface area contributed by atoms with Gasteiger partial charge < -0.3 is 15.3 Å². The van der Waals surface area contributed by atoms with Crippen molar-refractivity contribution in [3.8, 4) is 0 Å². The lowest BCUT2D eigenvalue weighted by atomic mass is 10.1. The second kappa shape index (κ2) is 8.31. The Morgan fingerprint density at radius 3 is 2.65 bits per heavy atom. The number of aliphatic hydroxyl groups excluding tert-OH is 1. The van der Waals surface area contributed by atoms with Crippen LogP contribution in [0.3, 0.4) is 0 Å². The maximum absolute atomic E-state index is 12.1. The molecule has 0 bridgehead atoms. The molecular formula is C18H29N3O2. The maximum atomic E-state index is 12.1. The minimum atomic E-state index is -0.299. The summed E-state index contributed by atoms with van der Waals surface area (Å²) >= 11 is 0. The average Bonchev–Trinajstić information content (AvgIpc) is 2.49. The molecule has 1 aliphatic heterocycles. The smallest absolute Gasteiger partial charge is 0.238 e. The molecule has 0 saturated carbocycles. The van der Waals surface area contributed by atoms with Crippen molar-refractivity contribution >= 4 is 17.3 Å². The van der Waals surface area contributed by atoms with Gasteiger partial charge in [-0.25, -0.2) is 0 Å². The van der Waals surface area contributed by atoms with Gasteiger partial charge in [-0.15, -0.1) is 0 Å². The lowest BCUT2D eigenvalue weighted by molar-refractivity contribution is -0.118. The van der Waals surface area contributed by atoms with Crippen molar-refractivity contribution in [2.75, 3.05) is 36.4 Å². The number of aliphatic hydroxyl groups is 1. The SMILES string of the molecule is CCN(c1ccc(NC(=O)CN2CCCC(O)C2)cc1)C(C)C. The zero-order valence-electron chi connectivity index (χ0n) is 14.5. The van der Waals surface area contributed by atoms with Gasteiger partial charge in [0.25, 0.3) is 0 Å². The minimum absolute atomic E-state index is 0.0249. The summed E-state index contributed by atoms with van der Waals surface area (Å²) in [7, 11) is 0. The highest BCUT2D eigenvalue weighted by molar-refractivity contribution is 5.92. The van der Waals surface area contributed by atoms with Crippen LogP contribution in [0.15, 0.2) is 24.3 Å². The highest BCUT2D eigenvalue weighted by Gasteiger charge is 2.19. The van der Waals surface area contributed by atoms with Crippen LogP contribution in [0.1, 0.15) is 33.6 Å². The monoisotopic (exact) mass is 319 g/mol. The van der Waals surface area contributed by atoms with Gasteiger partial charge in [0.1, 0.15) is 0 Å². The van der Waals surface area contributed by atoms with Gasteiger partial charge in [0, 0.05) is 30.5 Å². The molecule has 2 rings (SSSR count). The normalized spacial score (nSPS) is 18.9. The predicted molar refractivity (Wildman–Crippen MR) is 94.9 cm³/mol. The van der Waals surface area contributed by atoms with Crippen molar-refractivity contribution in [1.82, 2.24) is 4.90 Å². The number of nitrogens with zero attached hydrogens (tertiary/aromatic N) is 2. The number of amides is 1. The Labute approximate surface area is 139 Å². The maximum Gasteiger partial charge on any atom is 0.238 e. The molecule has 0 aliphatic carbocycles. The lowest BCUT2D eigenvalue weighted by Crippen LogP contribution is -2.42. The minimum Gasteiger partial charge on any atom is -0.392 e. The molecule has 1 unspecified atom stereocenters. The summed E-state index contributed by atoms with van der Waals surface area (Å²) in [6.45, 7) is 9.25. The molecule has 1 saturated heterocycles. The zero-order valence-corrected chi connectivity index (χ0v) is 14.5. The van der Waals surface area contributed by atoms with Crippen molar-refractivity contribution in [3.05, 3.63) is 24.3 Å². The summed E-state index contributed by atoms with van der Waals surface area (Å²) in [5, 5.41) is 12.6. The molecule has 128 valence electrons. The van der Waals surface area contributed by atoms with Crippen LogP contribution >= 0.6 is 0 Å². The van der Waals surface area contributed by atoms with Gasteiger partial charge in [-0.05, 0) is 64.4 Å². The number of β-amino-alcohol motifs (C(OH)–C–C–N with tert-alkyl or cyclic N) is 1. The average molecular weight is 319 g/mol. The molecule has 5 heteroatoms. The van der Waals surface area contributed by atoms with Gasteiger partial charge in [0.15, 0.2) is 0 Å². The molecule has 1 aliphatic rings. The fraction of sp³-hybridized carbons (Fsp3) is 0.611. The van der Waals surface area contributed by atoms with Crippen LogP contribution in [-0.2, 0) is 4.79 Å². The van der Waals surface area contributed by atoms with Gasteiger partial charge in [-0.1, -0.05) is 0 Å². The third-order valence-corrected chi connectivity index (χ3v) is 4.29. The van der Waals surface area contributed by atoms with E-state index in [0.717, 1.165) is 31.6 Å². The van der Waals surface area contributed by atoms with Crippen LogP contribution in [-0.4, -0.2) is 54.2 Å². The second-order valence-corrected chi connectivity index (χ2v) is 6.51. The van der Waals surface area contributed by atoms with Crippen LogP contribution in [0.5, 0.6) is 0 Å². The van der Waals surface area contributed by atoms with E-state index in [1.165, 1.54) is 5.69 Å². The first kappa shape index (κ1) is 17.8. The Balaban J connectivity index is 1.88. The number of piperidine rings is 1. The van der Waals surface area contributed by atoms with E-state index in [9.17, 15) is 9.90 Å². The summed E-state index contributed by atoms with van der Waals surface area (Å²) in [4.78, 5) is 16.4. The Morgan fingerprint density at radius 2 is 2.09 bits per heavy atom. The summed E-state index contributed by atoms with van der Waals surface area (Å²) in [6.07, 6.45) is 1.49. The van der Waals surface area contributed by atoms with E-state index in [4.69, 9.17) is 0 Å². The van der Waals surface area contributed by atoms with Crippen LogP contribution < -0.4 is 10.2 Å². The third-order valence-electron chi connectivity index (χ3n) is 4.29. The van der Waals surface area contributed by atoms with E-state index in [1.807, 2.05) is 29.2 Å². The van der Waals surface area contributed by atoms with Crippen LogP contribution in [0, 0.1) is 0 Å². The Morgan fingerprint density at radius 1 is 1.39 bits per heavy atom. The number of benzene rings is 1. The molecule has 1 fully saturated rings. The molecule has 1 heterocycles. The van der Waals surface area contributed by atoms with E-state index in [1.54, 1.807) is 0 Å².